The van der Waals surface area contributed by atoms with Gasteiger partial charge in [0.1, 0.15) is 11.3 Å². The Kier molecular flexibility index (Phi) is 4.98. The van der Waals surface area contributed by atoms with Crippen LogP contribution in [-0.4, -0.2) is 28.1 Å². The fourth-order valence-electron chi connectivity index (χ4n) is 3.48. The summed E-state index contributed by atoms with van der Waals surface area (Å²) < 4.78 is 5.83. The molecule has 1 aliphatic carbocycles. The first-order chi connectivity index (χ1) is 13.1. The van der Waals surface area contributed by atoms with E-state index in [1.54, 1.807) is 18.5 Å². The average molecular weight is 385 g/mol. The van der Waals surface area contributed by atoms with Crippen LogP contribution in [0.15, 0.2) is 27.8 Å². The Labute approximate surface area is 160 Å². The van der Waals surface area contributed by atoms with Crippen LogP contribution in [0.2, 0.25) is 0 Å². The standard InChI is InChI=1S/C19H19N3O4S/c23-16(21-13-4-2-1-3-5-13)7-12-10-20-9-11-6-14(26-17(11)12)8-15-18(24)22-19(25)27-15/h6,8-10,13H,1-5,7H2,(H,21,23)(H,22,24,25)/b15-8-. The van der Waals surface area contributed by atoms with Crippen molar-refractivity contribution in [1.82, 2.24) is 15.6 Å². The van der Waals surface area contributed by atoms with Gasteiger partial charge in [-0.2, -0.15) is 0 Å². The molecule has 27 heavy (non-hydrogen) atoms. The van der Waals surface area contributed by atoms with Crippen molar-refractivity contribution in [1.29, 1.82) is 0 Å². The molecule has 0 atom stereocenters. The molecule has 2 aromatic rings. The maximum Gasteiger partial charge on any atom is 0.290 e. The number of thioether (sulfide) groups is 1. The number of nitrogens with one attached hydrogen (secondary N) is 2. The molecule has 140 valence electrons. The van der Waals surface area contributed by atoms with Crippen molar-refractivity contribution in [3.05, 3.63) is 34.7 Å². The molecule has 7 nitrogen and oxygen atoms in total. The molecule has 3 amide bonds. The molecule has 1 saturated heterocycles. The van der Waals surface area contributed by atoms with Crippen LogP contribution in [0.5, 0.6) is 0 Å². The zero-order valence-electron chi connectivity index (χ0n) is 14.6. The topological polar surface area (TPSA) is 101 Å². The summed E-state index contributed by atoms with van der Waals surface area (Å²) in [5.41, 5.74) is 1.27. The van der Waals surface area contributed by atoms with E-state index in [2.05, 4.69) is 15.6 Å². The van der Waals surface area contributed by atoms with E-state index in [1.165, 1.54) is 12.5 Å². The van der Waals surface area contributed by atoms with Crippen LogP contribution in [0, 0.1) is 0 Å². The number of carbonyl (C=O) groups is 3. The lowest BCUT2D eigenvalue weighted by Gasteiger charge is -2.22. The second-order valence-electron chi connectivity index (χ2n) is 6.80. The van der Waals surface area contributed by atoms with E-state index in [1.807, 2.05) is 0 Å². The normalized spacial score (nSPS) is 19.6. The number of hydrogen-bond donors (Lipinski definition) is 2. The number of aromatic nitrogens is 1. The van der Waals surface area contributed by atoms with Crippen molar-refractivity contribution in [2.45, 2.75) is 44.6 Å². The molecule has 1 saturated carbocycles. The molecule has 0 bridgehead atoms. The first-order valence-electron chi connectivity index (χ1n) is 8.99. The highest BCUT2D eigenvalue weighted by Crippen LogP contribution is 2.29. The predicted molar refractivity (Wildman–Crippen MR) is 102 cm³/mol. The highest BCUT2D eigenvalue weighted by atomic mass is 32.2. The van der Waals surface area contributed by atoms with Crippen molar-refractivity contribution in [2.24, 2.45) is 0 Å². The van der Waals surface area contributed by atoms with Crippen molar-refractivity contribution in [3.63, 3.8) is 0 Å². The first kappa shape index (κ1) is 17.8. The number of amides is 3. The molecule has 0 aromatic carbocycles. The predicted octanol–water partition coefficient (Wildman–Crippen LogP) is 3.14. The third-order valence-electron chi connectivity index (χ3n) is 4.75. The molecule has 8 heteroatoms. The Morgan fingerprint density at radius 3 is 2.85 bits per heavy atom. The molecule has 2 N–H and O–H groups in total. The molecular formula is C19H19N3O4S. The van der Waals surface area contributed by atoms with E-state index in [0.717, 1.165) is 42.8 Å². The minimum Gasteiger partial charge on any atom is -0.456 e. The van der Waals surface area contributed by atoms with E-state index in [0.29, 0.717) is 16.9 Å². The van der Waals surface area contributed by atoms with Crippen LogP contribution in [0.1, 0.15) is 43.4 Å². The minimum absolute atomic E-state index is 0.0381. The van der Waals surface area contributed by atoms with Crippen LogP contribution in [0.3, 0.4) is 0 Å². The molecule has 2 aliphatic rings. The van der Waals surface area contributed by atoms with Crippen LogP contribution < -0.4 is 10.6 Å². The Morgan fingerprint density at radius 2 is 2.11 bits per heavy atom. The maximum absolute atomic E-state index is 12.4. The summed E-state index contributed by atoms with van der Waals surface area (Å²) in [5.74, 6) is -0.0289. The Hall–Kier alpha value is -2.61. The van der Waals surface area contributed by atoms with Gasteiger partial charge in [-0.15, -0.1) is 0 Å². The molecular weight excluding hydrogens is 366 g/mol. The van der Waals surface area contributed by atoms with Crippen molar-refractivity contribution < 1.29 is 18.8 Å². The number of nitrogens with zero attached hydrogens (tertiary/aromatic N) is 1. The Balaban J connectivity index is 1.52. The SMILES string of the molecule is O=C(Cc1cncc2cc(/C=C3\SC(=O)NC3=O)oc12)NC1CCCCC1. The number of hydrogen-bond acceptors (Lipinski definition) is 6. The number of furan rings is 1. The number of pyridine rings is 1. The zero-order chi connectivity index (χ0) is 18.8. The minimum atomic E-state index is -0.435. The van der Waals surface area contributed by atoms with Crippen molar-refractivity contribution in [3.8, 4) is 0 Å². The quantitative estimate of drug-likeness (QED) is 0.784. The van der Waals surface area contributed by atoms with Gasteiger partial charge in [-0.1, -0.05) is 19.3 Å². The summed E-state index contributed by atoms with van der Waals surface area (Å²) in [6.45, 7) is 0. The monoisotopic (exact) mass is 385 g/mol. The lowest BCUT2D eigenvalue weighted by molar-refractivity contribution is -0.121. The van der Waals surface area contributed by atoms with Crippen LogP contribution in [0.25, 0.3) is 17.0 Å². The summed E-state index contributed by atoms with van der Waals surface area (Å²) in [4.78, 5) is 39.8. The molecule has 2 aromatic heterocycles. The van der Waals surface area contributed by atoms with Gasteiger partial charge in [0.15, 0.2) is 0 Å². The molecule has 2 fully saturated rings. The third-order valence-corrected chi connectivity index (χ3v) is 5.56. The van der Waals surface area contributed by atoms with Crippen LogP contribution in [-0.2, 0) is 16.0 Å². The highest BCUT2D eigenvalue weighted by Gasteiger charge is 2.25. The van der Waals surface area contributed by atoms with Crippen LogP contribution in [0.4, 0.5) is 4.79 Å². The summed E-state index contributed by atoms with van der Waals surface area (Å²) in [6, 6.07) is 2.00. The maximum atomic E-state index is 12.4. The summed E-state index contributed by atoms with van der Waals surface area (Å²) in [5, 5.41) is 5.65. The molecule has 0 unspecified atom stereocenters. The van der Waals surface area contributed by atoms with E-state index < -0.39 is 11.1 Å². The van der Waals surface area contributed by atoms with E-state index in [9.17, 15) is 14.4 Å². The number of imide groups is 1. The van der Waals surface area contributed by atoms with Gasteiger partial charge in [0.05, 0.1) is 11.3 Å². The fourth-order valence-corrected chi connectivity index (χ4v) is 4.15. The summed E-state index contributed by atoms with van der Waals surface area (Å²) in [7, 11) is 0. The molecule has 0 spiro atoms. The second-order valence-corrected chi connectivity index (χ2v) is 7.81. The number of fused-ring (bicyclic) bond motifs is 1. The van der Waals surface area contributed by atoms with Crippen molar-refractivity contribution in [2.75, 3.05) is 0 Å². The van der Waals surface area contributed by atoms with E-state index >= 15 is 0 Å². The smallest absolute Gasteiger partial charge is 0.290 e. The first-order valence-corrected chi connectivity index (χ1v) is 9.81. The summed E-state index contributed by atoms with van der Waals surface area (Å²) >= 11 is 0.834. The zero-order valence-corrected chi connectivity index (χ0v) is 15.4. The lowest BCUT2D eigenvalue weighted by Crippen LogP contribution is -2.37. The molecule has 0 radical (unpaired) electrons. The van der Waals surface area contributed by atoms with Crippen molar-refractivity contribution >= 4 is 45.9 Å². The molecule has 1 aliphatic heterocycles. The summed E-state index contributed by atoms with van der Waals surface area (Å²) in [6.07, 6.45) is 10.6. The van der Waals surface area contributed by atoms with Gasteiger partial charge in [0.25, 0.3) is 11.1 Å². The van der Waals surface area contributed by atoms with Gasteiger partial charge in [0, 0.05) is 35.5 Å². The number of rotatable bonds is 4. The van der Waals surface area contributed by atoms with Gasteiger partial charge in [0.2, 0.25) is 5.91 Å². The van der Waals surface area contributed by atoms with E-state index in [-0.39, 0.29) is 23.3 Å². The second kappa shape index (κ2) is 7.56. The molecule has 3 heterocycles. The largest absolute Gasteiger partial charge is 0.456 e. The van der Waals surface area contributed by atoms with Gasteiger partial charge in [-0.05, 0) is 30.7 Å². The Bertz CT molecular complexity index is 944. The lowest BCUT2D eigenvalue weighted by atomic mass is 9.95. The van der Waals surface area contributed by atoms with Gasteiger partial charge in [-0.25, -0.2) is 0 Å². The Morgan fingerprint density at radius 1 is 1.30 bits per heavy atom. The third kappa shape index (κ3) is 4.05. The van der Waals surface area contributed by atoms with Gasteiger partial charge >= 0.3 is 0 Å². The van der Waals surface area contributed by atoms with Gasteiger partial charge < -0.3 is 9.73 Å². The van der Waals surface area contributed by atoms with Gasteiger partial charge in [-0.3, -0.25) is 24.7 Å². The van der Waals surface area contributed by atoms with E-state index in [4.69, 9.17) is 4.42 Å². The molecule has 4 rings (SSSR count). The van der Waals surface area contributed by atoms with Crippen LogP contribution >= 0.6 is 11.8 Å². The highest BCUT2D eigenvalue weighted by molar-refractivity contribution is 8.18. The average Bonchev–Trinajstić information content (AvgIpc) is 3.19. The number of carbonyl (C=O) groups excluding carboxylic acids is 3. The fraction of sp³-hybridized carbons (Fsp3) is 0.368.